The minimum Gasteiger partial charge on any atom is -0.295 e. The number of aromatic nitrogens is 4. The van der Waals surface area contributed by atoms with Gasteiger partial charge in [0.15, 0.2) is 0 Å². The van der Waals surface area contributed by atoms with E-state index in [9.17, 15) is 4.79 Å². The molecule has 0 bridgehead atoms. The molecule has 3 aromatic rings. The molecule has 2 aliphatic rings. The monoisotopic (exact) mass is 361 g/mol. The number of rotatable bonds is 5. The summed E-state index contributed by atoms with van der Waals surface area (Å²) < 4.78 is 1.96. The van der Waals surface area contributed by atoms with Crippen molar-refractivity contribution in [2.45, 2.75) is 44.8 Å². The lowest BCUT2D eigenvalue weighted by Crippen LogP contribution is -2.32. The number of likely N-dealkylation sites (tertiary alicyclic amines) is 1. The quantitative estimate of drug-likeness (QED) is 0.699. The summed E-state index contributed by atoms with van der Waals surface area (Å²) in [7, 11) is 0. The van der Waals surface area contributed by atoms with Gasteiger partial charge in [-0.25, -0.2) is 15.0 Å². The van der Waals surface area contributed by atoms with E-state index in [-0.39, 0.29) is 11.6 Å². The Balaban J connectivity index is 1.56. The molecule has 1 saturated heterocycles. The first-order valence-electron chi connectivity index (χ1n) is 9.77. The zero-order chi connectivity index (χ0) is 18.2. The van der Waals surface area contributed by atoms with E-state index in [1.54, 1.807) is 6.33 Å². The molecule has 1 atom stereocenters. The third-order valence-electron chi connectivity index (χ3n) is 5.69. The second kappa shape index (κ2) is 6.85. The van der Waals surface area contributed by atoms with Crippen molar-refractivity contribution in [1.82, 2.24) is 24.4 Å². The molecule has 1 unspecified atom stereocenters. The number of para-hydroxylation sites is 1. The van der Waals surface area contributed by atoms with Gasteiger partial charge in [0, 0.05) is 31.0 Å². The summed E-state index contributed by atoms with van der Waals surface area (Å²) in [5.41, 5.74) is 2.01. The van der Waals surface area contributed by atoms with Crippen molar-refractivity contribution in [1.29, 1.82) is 0 Å². The van der Waals surface area contributed by atoms with E-state index in [1.165, 1.54) is 12.8 Å². The molecular weight excluding hydrogens is 338 g/mol. The van der Waals surface area contributed by atoms with E-state index >= 15 is 0 Å². The average molecular weight is 361 g/mol. The summed E-state index contributed by atoms with van der Waals surface area (Å²) in [6.45, 7) is 2.59. The molecule has 0 spiro atoms. The number of fused-ring (bicyclic) bond motifs is 1. The summed E-state index contributed by atoms with van der Waals surface area (Å²) >= 11 is 0. The maximum atomic E-state index is 13.2. The van der Waals surface area contributed by atoms with Crippen LogP contribution in [0.4, 0.5) is 0 Å². The van der Waals surface area contributed by atoms with E-state index < -0.39 is 0 Å². The Kier molecular flexibility index (Phi) is 4.20. The summed E-state index contributed by atoms with van der Waals surface area (Å²) in [5, 5.41) is 0.725. The summed E-state index contributed by atoms with van der Waals surface area (Å²) in [4.78, 5) is 28.9. The molecular formula is C21H23N5O. The van der Waals surface area contributed by atoms with Crippen LogP contribution in [-0.2, 0) is 13.1 Å². The van der Waals surface area contributed by atoms with Gasteiger partial charge in [0.1, 0.15) is 12.2 Å². The van der Waals surface area contributed by atoms with Gasteiger partial charge in [0.05, 0.1) is 16.9 Å². The van der Waals surface area contributed by atoms with E-state index in [2.05, 4.69) is 14.9 Å². The van der Waals surface area contributed by atoms with E-state index in [0.717, 1.165) is 54.8 Å². The number of hydrogen-bond donors (Lipinski definition) is 0. The Labute approximate surface area is 157 Å². The van der Waals surface area contributed by atoms with E-state index in [1.807, 2.05) is 41.2 Å². The molecule has 27 heavy (non-hydrogen) atoms. The Morgan fingerprint density at radius 1 is 1.07 bits per heavy atom. The van der Waals surface area contributed by atoms with Crippen LogP contribution >= 0.6 is 0 Å². The van der Waals surface area contributed by atoms with Crippen molar-refractivity contribution in [3.05, 3.63) is 64.7 Å². The van der Waals surface area contributed by atoms with Gasteiger partial charge in [-0.3, -0.25) is 14.3 Å². The summed E-state index contributed by atoms with van der Waals surface area (Å²) in [6.07, 6.45) is 9.88. The topological polar surface area (TPSA) is 63.9 Å². The molecule has 0 radical (unpaired) electrons. The molecule has 0 amide bonds. The molecule has 1 aromatic carbocycles. The zero-order valence-electron chi connectivity index (χ0n) is 15.3. The summed E-state index contributed by atoms with van der Waals surface area (Å²) in [6, 6.07) is 7.89. The first-order chi connectivity index (χ1) is 13.3. The summed E-state index contributed by atoms with van der Waals surface area (Å²) in [5.74, 6) is 1.56. The second-order valence-electron chi connectivity index (χ2n) is 7.72. The lowest BCUT2D eigenvalue weighted by Gasteiger charge is -2.26. The van der Waals surface area contributed by atoms with E-state index in [4.69, 9.17) is 4.98 Å². The molecule has 2 fully saturated rings. The Morgan fingerprint density at radius 3 is 2.70 bits per heavy atom. The highest BCUT2D eigenvalue weighted by atomic mass is 16.1. The van der Waals surface area contributed by atoms with Crippen molar-refractivity contribution in [3.63, 3.8) is 0 Å². The minimum atomic E-state index is 0.109. The third kappa shape index (κ3) is 3.25. The fraction of sp³-hybridized carbons (Fsp3) is 0.429. The minimum absolute atomic E-state index is 0.109. The maximum Gasteiger partial charge on any atom is 0.261 e. The van der Waals surface area contributed by atoms with Gasteiger partial charge >= 0.3 is 0 Å². The van der Waals surface area contributed by atoms with Gasteiger partial charge in [0.25, 0.3) is 5.56 Å². The van der Waals surface area contributed by atoms with Crippen molar-refractivity contribution in [3.8, 4) is 0 Å². The predicted octanol–water partition coefficient (Wildman–Crippen LogP) is 2.93. The highest BCUT2D eigenvalue weighted by Gasteiger charge is 2.32. The first-order valence-corrected chi connectivity index (χ1v) is 9.77. The molecule has 5 rings (SSSR count). The van der Waals surface area contributed by atoms with Gasteiger partial charge in [-0.2, -0.15) is 0 Å². The molecule has 1 aliphatic heterocycles. The standard InChI is InChI=1S/C21H23N5O/c27-21-17-4-1-2-5-18(17)24-20(26(21)13-15-7-8-15)19-6-3-9-25(19)12-16-10-22-14-23-11-16/h1-2,4-5,10-11,14-15,19H,3,6-9,12-13H2. The normalized spacial score (nSPS) is 20.4. The van der Waals surface area contributed by atoms with Crippen LogP contribution in [0.25, 0.3) is 10.9 Å². The van der Waals surface area contributed by atoms with Crippen LogP contribution in [0.1, 0.15) is 43.1 Å². The Hall–Kier alpha value is -2.60. The average Bonchev–Trinajstić information content (AvgIpc) is 3.41. The lowest BCUT2D eigenvalue weighted by molar-refractivity contribution is 0.231. The predicted molar refractivity (Wildman–Crippen MR) is 103 cm³/mol. The molecule has 2 aromatic heterocycles. The second-order valence-corrected chi connectivity index (χ2v) is 7.72. The number of nitrogens with zero attached hydrogens (tertiary/aromatic N) is 5. The largest absolute Gasteiger partial charge is 0.295 e. The molecule has 6 nitrogen and oxygen atoms in total. The zero-order valence-corrected chi connectivity index (χ0v) is 15.3. The van der Waals surface area contributed by atoms with Crippen LogP contribution in [-0.4, -0.2) is 31.0 Å². The smallest absolute Gasteiger partial charge is 0.261 e. The van der Waals surface area contributed by atoms with Crippen molar-refractivity contribution < 1.29 is 0 Å². The van der Waals surface area contributed by atoms with Crippen LogP contribution < -0.4 is 5.56 Å². The fourth-order valence-electron chi connectivity index (χ4n) is 4.13. The van der Waals surface area contributed by atoms with Crippen LogP contribution in [0, 0.1) is 5.92 Å². The molecule has 6 heteroatoms. The van der Waals surface area contributed by atoms with Gasteiger partial charge in [-0.1, -0.05) is 12.1 Å². The lowest BCUT2D eigenvalue weighted by atomic mass is 10.1. The molecule has 3 heterocycles. The molecule has 1 aliphatic carbocycles. The Bertz CT molecular complexity index is 1010. The molecule has 0 N–H and O–H groups in total. The van der Waals surface area contributed by atoms with Crippen molar-refractivity contribution >= 4 is 10.9 Å². The highest BCUT2D eigenvalue weighted by molar-refractivity contribution is 5.77. The number of hydrogen-bond acceptors (Lipinski definition) is 5. The molecule has 138 valence electrons. The van der Waals surface area contributed by atoms with Crippen LogP contribution in [0.15, 0.2) is 47.8 Å². The van der Waals surface area contributed by atoms with Crippen molar-refractivity contribution in [2.24, 2.45) is 5.92 Å². The van der Waals surface area contributed by atoms with Crippen LogP contribution in [0.3, 0.4) is 0 Å². The third-order valence-corrected chi connectivity index (χ3v) is 5.69. The van der Waals surface area contributed by atoms with Crippen LogP contribution in [0.2, 0.25) is 0 Å². The van der Waals surface area contributed by atoms with Gasteiger partial charge in [-0.15, -0.1) is 0 Å². The van der Waals surface area contributed by atoms with Gasteiger partial charge < -0.3 is 0 Å². The van der Waals surface area contributed by atoms with Gasteiger partial charge in [0.2, 0.25) is 0 Å². The van der Waals surface area contributed by atoms with Crippen LogP contribution in [0.5, 0.6) is 0 Å². The SMILES string of the molecule is O=c1c2ccccc2nc(C2CCCN2Cc2cncnc2)n1CC1CC1. The van der Waals surface area contributed by atoms with Gasteiger partial charge in [-0.05, 0) is 50.3 Å². The van der Waals surface area contributed by atoms with Crippen molar-refractivity contribution in [2.75, 3.05) is 6.54 Å². The Morgan fingerprint density at radius 2 is 1.89 bits per heavy atom. The van der Waals surface area contributed by atoms with E-state index in [0.29, 0.717) is 5.92 Å². The molecule has 1 saturated carbocycles. The fourth-order valence-corrected chi connectivity index (χ4v) is 4.13. The number of benzene rings is 1. The first kappa shape index (κ1) is 16.6. The maximum absolute atomic E-state index is 13.2. The highest BCUT2D eigenvalue weighted by Crippen LogP contribution is 2.35.